The molecule has 0 amide bonds. The van der Waals surface area contributed by atoms with Gasteiger partial charge in [0.25, 0.3) is 0 Å². The van der Waals surface area contributed by atoms with Crippen LogP contribution in [0.2, 0.25) is 0 Å². The Kier molecular flexibility index (Phi) is 9.54. The lowest BCUT2D eigenvalue weighted by Crippen LogP contribution is -2.25. The lowest BCUT2D eigenvalue weighted by atomic mass is 9.88. The molecule has 0 saturated heterocycles. The molecule has 2 nitrogen and oxygen atoms in total. The van der Waals surface area contributed by atoms with Gasteiger partial charge in [0.1, 0.15) is 0 Å². The van der Waals surface area contributed by atoms with E-state index in [-0.39, 0.29) is 0 Å². The smallest absolute Gasteiger partial charge is 0.0600 e. The molecule has 2 unspecified atom stereocenters. The molecular weight excluding hydrogens is 234 g/mol. The van der Waals surface area contributed by atoms with Crippen molar-refractivity contribution in [2.45, 2.75) is 78.2 Å². The molecule has 0 aromatic rings. The van der Waals surface area contributed by atoms with Gasteiger partial charge in [-0.3, -0.25) is 0 Å². The molecular formula is C17H35NO. The minimum atomic E-state index is 0.557. The quantitative estimate of drug-likeness (QED) is 0.594. The summed E-state index contributed by atoms with van der Waals surface area (Å²) in [6.45, 7) is 10.2. The van der Waals surface area contributed by atoms with Crippen molar-refractivity contribution in [3.8, 4) is 0 Å². The van der Waals surface area contributed by atoms with E-state index in [1.807, 2.05) is 0 Å². The zero-order valence-corrected chi connectivity index (χ0v) is 13.4. The molecule has 0 aromatic heterocycles. The molecule has 114 valence electrons. The third kappa shape index (κ3) is 8.65. The van der Waals surface area contributed by atoms with Crippen LogP contribution in [-0.2, 0) is 4.74 Å². The Morgan fingerprint density at radius 3 is 2.53 bits per heavy atom. The van der Waals surface area contributed by atoms with Gasteiger partial charge in [-0.2, -0.15) is 0 Å². The number of unbranched alkanes of at least 4 members (excludes halogenated alkanes) is 3. The maximum atomic E-state index is 6.04. The fourth-order valence-corrected chi connectivity index (χ4v) is 2.86. The first kappa shape index (κ1) is 17.0. The monoisotopic (exact) mass is 269 g/mol. The lowest BCUT2D eigenvalue weighted by molar-refractivity contribution is -0.00655. The summed E-state index contributed by atoms with van der Waals surface area (Å²) in [5, 5.41) is 3.50. The summed E-state index contributed by atoms with van der Waals surface area (Å²) in [5.74, 6) is 1.56. The van der Waals surface area contributed by atoms with Gasteiger partial charge in [-0.05, 0) is 50.6 Å². The van der Waals surface area contributed by atoms with Gasteiger partial charge in [0.05, 0.1) is 6.10 Å². The maximum absolute atomic E-state index is 6.04. The third-order valence-electron chi connectivity index (χ3n) is 4.17. The van der Waals surface area contributed by atoms with Gasteiger partial charge in [0, 0.05) is 6.61 Å². The Morgan fingerprint density at radius 2 is 1.79 bits per heavy atom. The second-order valence-electron chi connectivity index (χ2n) is 6.68. The first-order valence-corrected chi connectivity index (χ1v) is 8.52. The minimum Gasteiger partial charge on any atom is -0.378 e. The number of hydrogen-bond donors (Lipinski definition) is 1. The first-order chi connectivity index (χ1) is 9.20. The molecule has 0 spiro atoms. The van der Waals surface area contributed by atoms with Crippen molar-refractivity contribution >= 4 is 0 Å². The molecule has 0 aromatic carbocycles. The molecule has 1 saturated carbocycles. The van der Waals surface area contributed by atoms with Gasteiger partial charge >= 0.3 is 0 Å². The maximum Gasteiger partial charge on any atom is 0.0600 e. The van der Waals surface area contributed by atoms with Crippen LogP contribution >= 0.6 is 0 Å². The van der Waals surface area contributed by atoms with Crippen LogP contribution in [-0.4, -0.2) is 25.8 Å². The Hall–Kier alpha value is -0.0800. The standard InChI is InChI=1S/C17H35NO/c1-15(2)14-18-12-8-4-5-9-13-19-17-11-7-6-10-16(17)3/h15-18H,4-14H2,1-3H3. The second kappa shape index (κ2) is 10.7. The predicted molar refractivity (Wildman–Crippen MR) is 83.5 cm³/mol. The molecule has 0 aliphatic heterocycles. The van der Waals surface area contributed by atoms with Crippen molar-refractivity contribution in [1.82, 2.24) is 5.32 Å². The van der Waals surface area contributed by atoms with Gasteiger partial charge in [-0.15, -0.1) is 0 Å². The molecule has 1 N–H and O–H groups in total. The normalized spacial score (nSPS) is 24.0. The van der Waals surface area contributed by atoms with Crippen molar-refractivity contribution in [2.24, 2.45) is 11.8 Å². The highest BCUT2D eigenvalue weighted by Crippen LogP contribution is 2.26. The van der Waals surface area contributed by atoms with E-state index in [1.165, 1.54) is 57.9 Å². The fraction of sp³-hybridized carbons (Fsp3) is 1.00. The summed E-state index contributed by atoms with van der Waals surface area (Å²) in [7, 11) is 0. The van der Waals surface area contributed by atoms with Crippen LogP contribution < -0.4 is 5.32 Å². The average Bonchev–Trinajstić information content (AvgIpc) is 2.38. The van der Waals surface area contributed by atoms with Crippen molar-refractivity contribution < 1.29 is 4.74 Å². The summed E-state index contributed by atoms with van der Waals surface area (Å²) in [6, 6.07) is 0. The Balaban J connectivity index is 1.83. The van der Waals surface area contributed by atoms with Crippen molar-refractivity contribution in [3.05, 3.63) is 0 Å². The van der Waals surface area contributed by atoms with E-state index < -0.39 is 0 Å². The summed E-state index contributed by atoms with van der Waals surface area (Å²) >= 11 is 0. The molecule has 19 heavy (non-hydrogen) atoms. The molecule has 1 aliphatic rings. The molecule has 2 heteroatoms. The summed E-state index contributed by atoms with van der Waals surface area (Å²) < 4.78 is 6.04. The van der Waals surface area contributed by atoms with Crippen LogP contribution in [0, 0.1) is 11.8 Å². The Labute approximate surface area is 120 Å². The highest BCUT2D eigenvalue weighted by Gasteiger charge is 2.21. The number of nitrogens with one attached hydrogen (secondary N) is 1. The van der Waals surface area contributed by atoms with Gasteiger partial charge < -0.3 is 10.1 Å². The third-order valence-corrected chi connectivity index (χ3v) is 4.17. The largest absolute Gasteiger partial charge is 0.378 e. The van der Waals surface area contributed by atoms with E-state index in [0.29, 0.717) is 6.10 Å². The van der Waals surface area contributed by atoms with Crippen LogP contribution in [0.1, 0.15) is 72.1 Å². The van der Waals surface area contributed by atoms with E-state index in [0.717, 1.165) is 25.0 Å². The van der Waals surface area contributed by atoms with Crippen molar-refractivity contribution in [2.75, 3.05) is 19.7 Å². The average molecular weight is 269 g/mol. The molecule has 0 bridgehead atoms. The second-order valence-corrected chi connectivity index (χ2v) is 6.68. The van der Waals surface area contributed by atoms with E-state index in [9.17, 15) is 0 Å². The van der Waals surface area contributed by atoms with Gasteiger partial charge in [-0.1, -0.05) is 46.5 Å². The van der Waals surface area contributed by atoms with Crippen molar-refractivity contribution in [1.29, 1.82) is 0 Å². The molecule has 1 rings (SSSR count). The van der Waals surface area contributed by atoms with E-state index >= 15 is 0 Å². The Bertz CT molecular complexity index is 205. The van der Waals surface area contributed by atoms with Crippen LogP contribution in [0.25, 0.3) is 0 Å². The zero-order chi connectivity index (χ0) is 13.9. The first-order valence-electron chi connectivity index (χ1n) is 8.52. The van der Waals surface area contributed by atoms with Crippen LogP contribution in [0.3, 0.4) is 0 Å². The van der Waals surface area contributed by atoms with Crippen LogP contribution in [0.15, 0.2) is 0 Å². The molecule has 1 fully saturated rings. The predicted octanol–water partition coefficient (Wildman–Crippen LogP) is 4.39. The van der Waals surface area contributed by atoms with Gasteiger partial charge in [-0.25, -0.2) is 0 Å². The van der Waals surface area contributed by atoms with Crippen LogP contribution in [0.4, 0.5) is 0 Å². The number of rotatable bonds is 10. The van der Waals surface area contributed by atoms with E-state index in [2.05, 4.69) is 26.1 Å². The lowest BCUT2D eigenvalue weighted by Gasteiger charge is -2.28. The topological polar surface area (TPSA) is 21.3 Å². The van der Waals surface area contributed by atoms with Crippen LogP contribution in [0.5, 0.6) is 0 Å². The number of hydrogen-bond acceptors (Lipinski definition) is 2. The highest BCUT2D eigenvalue weighted by atomic mass is 16.5. The molecule has 2 atom stereocenters. The summed E-state index contributed by atoms with van der Waals surface area (Å²) in [4.78, 5) is 0. The Morgan fingerprint density at radius 1 is 1.05 bits per heavy atom. The summed E-state index contributed by atoms with van der Waals surface area (Å²) in [6.07, 6.45) is 11.2. The fourth-order valence-electron chi connectivity index (χ4n) is 2.86. The van der Waals surface area contributed by atoms with Gasteiger partial charge in [0.2, 0.25) is 0 Å². The van der Waals surface area contributed by atoms with Gasteiger partial charge in [0.15, 0.2) is 0 Å². The number of ether oxygens (including phenoxy) is 1. The molecule has 1 aliphatic carbocycles. The SMILES string of the molecule is CC(C)CNCCCCCCOC1CCCCC1C. The summed E-state index contributed by atoms with van der Waals surface area (Å²) in [5.41, 5.74) is 0. The van der Waals surface area contributed by atoms with E-state index in [4.69, 9.17) is 4.74 Å². The van der Waals surface area contributed by atoms with Crippen molar-refractivity contribution in [3.63, 3.8) is 0 Å². The molecule has 0 heterocycles. The highest BCUT2D eigenvalue weighted by molar-refractivity contribution is 4.72. The molecule has 0 radical (unpaired) electrons. The zero-order valence-electron chi connectivity index (χ0n) is 13.4. The van der Waals surface area contributed by atoms with E-state index in [1.54, 1.807) is 0 Å². The minimum absolute atomic E-state index is 0.557.